The Morgan fingerprint density at radius 3 is 2.38 bits per heavy atom. The van der Waals surface area contributed by atoms with Gasteiger partial charge in [0.1, 0.15) is 17.4 Å². The SMILES string of the molecule is Nc1ccc(-c2ccc(F)cc2F)cc1O. The molecule has 2 aromatic rings. The fourth-order valence-corrected chi connectivity index (χ4v) is 1.43. The Morgan fingerprint density at radius 2 is 1.75 bits per heavy atom. The van der Waals surface area contributed by atoms with E-state index >= 15 is 0 Å². The molecule has 2 aromatic carbocycles. The molecule has 0 atom stereocenters. The van der Waals surface area contributed by atoms with Crippen LogP contribution in [0.25, 0.3) is 11.1 Å². The number of rotatable bonds is 1. The van der Waals surface area contributed by atoms with Gasteiger partial charge in [-0.1, -0.05) is 6.07 Å². The summed E-state index contributed by atoms with van der Waals surface area (Å²) in [4.78, 5) is 0. The van der Waals surface area contributed by atoms with Crippen LogP contribution in [-0.2, 0) is 0 Å². The molecule has 82 valence electrons. The van der Waals surface area contributed by atoms with E-state index in [-0.39, 0.29) is 17.0 Å². The van der Waals surface area contributed by atoms with Crippen LogP contribution in [-0.4, -0.2) is 5.11 Å². The predicted octanol–water partition coefficient (Wildman–Crippen LogP) is 2.92. The van der Waals surface area contributed by atoms with Crippen molar-refractivity contribution in [1.29, 1.82) is 0 Å². The minimum Gasteiger partial charge on any atom is -0.506 e. The van der Waals surface area contributed by atoms with Crippen LogP contribution in [0.5, 0.6) is 5.75 Å². The normalized spacial score (nSPS) is 10.4. The Bertz CT molecular complexity index is 541. The standard InChI is InChI=1S/C12H9F2NO/c13-8-2-3-9(10(14)6-8)7-1-4-11(15)12(16)5-7/h1-6,16H,15H2. The number of hydrogen-bond acceptors (Lipinski definition) is 2. The molecule has 0 aliphatic rings. The van der Waals surface area contributed by atoms with Crippen molar-refractivity contribution in [2.45, 2.75) is 0 Å². The van der Waals surface area contributed by atoms with Crippen molar-refractivity contribution in [2.75, 3.05) is 5.73 Å². The quantitative estimate of drug-likeness (QED) is 0.574. The van der Waals surface area contributed by atoms with Gasteiger partial charge < -0.3 is 10.8 Å². The van der Waals surface area contributed by atoms with E-state index in [1.807, 2.05) is 0 Å². The number of halogens is 2. The zero-order valence-electron chi connectivity index (χ0n) is 8.24. The molecule has 0 spiro atoms. The van der Waals surface area contributed by atoms with Crippen molar-refractivity contribution in [3.8, 4) is 16.9 Å². The van der Waals surface area contributed by atoms with E-state index in [0.717, 1.165) is 12.1 Å². The molecule has 3 N–H and O–H groups in total. The molecule has 0 bridgehead atoms. The van der Waals surface area contributed by atoms with E-state index in [4.69, 9.17) is 5.73 Å². The Labute approximate surface area is 91.0 Å². The van der Waals surface area contributed by atoms with E-state index in [2.05, 4.69) is 0 Å². The Hall–Kier alpha value is -2.10. The van der Waals surface area contributed by atoms with Crippen LogP contribution in [0.3, 0.4) is 0 Å². The van der Waals surface area contributed by atoms with Crippen molar-refractivity contribution in [1.82, 2.24) is 0 Å². The molecular formula is C12H9F2NO. The number of phenols is 1. The van der Waals surface area contributed by atoms with Crippen LogP contribution in [0, 0.1) is 11.6 Å². The second-order valence-corrected chi connectivity index (χ2v) is 3.40. The van der Waals surface area contributed by atoms with E-state index in [1.54, 1.807) is 6.07 Å². The molecule has 4 heteroatoms. The highest BCUT2D eigenvalue weighted by atomic mass is 19.1. The van der Waals surface area contributed by atoms with Crippen LogP contribution in [0.1, 0.15) is 0 Å². The van der Waals surface area contributed by atoms with Crippen molar-refractivity contribution in [3.63, 3.8) is 0 Å². The van der Waals surface area contributed by atoms with Crippen molar-refractivity contribution >= 4 is 5.69 Å². The first-order chi connectivity index (χ1) is 7.58. The first-order valence-electron chi connectivity index (χ1n) is 4.62. The zero-order valence-corrected chi connectivity index (χ0v) is 8.24. The Morgan fingerprint density at radius 1 is 1.00 bits per heavy atom. The number of anilines is 1. The third-order valence-electron chi connectivity index (χ3n) is 2.27. The molecule has 0 aliphatic heterocycles. The zero-order chi connectivity index (χ0) is 11.7. The Kier molecular flexibility index (Phi) is 2.48. The number of hydrogen-bond donors (Lipinski definition) is 2. The fourth-order valence-electron chi connectivity index (χ4n) is 1.43. The van der Waals surface area contributed by atoms with Gasteiger partial charge in [0.05, 0.1) is 5.69 Å². The molecule has 16 heavy (non-hydrogen) atoms. The van der Waals surface area contributed by atoms with Gasteiger partial charge in [0.25, 0.3) is 0 Å². The van der Waals surface area contributed by atoms with Gasteiger partial charge in [-0.2, -0.15) is 0 Å². The number of phenolic OH excluding ortho intramolecular Hbond substituents is 1. The monoisotopic (exact) mass is 221 g/mol. The third kappa shape index (κ3) is 1.82. The van der Waals surface area contributed by atoms with E-state index in [9.17, 15) is 13.9 Å². The van der Waals surface area contributed by atoms with E-state index < -0.39 is 11.6 Å². The molecule has 2 rings (SSSR count). The maximum absolute atomic E-state index is 13.4. The average molecular weight is 221 g/mol. The summed E-state index contributed by atoms with van der Waals surface area (Å²) in [5.74, 6) is -1.44. The second-order valence-electron chi connectivity index (χ2n) is 3.40. The molecule has 2 nitrogen and oxygen atoms in total. The molecule has 0 aliphatic carbocycles. The molecule has 0 heterocycles. The highest BCUT2D eigenvalue weighted by molar-refractivity contribution is 5.69. The number of benzene rings is 2. The van der Waals surface area contributed by atoms with Crippen molar-refractivity contribution in [2.24, 2.45) is 0 Å². The topological polar surface area (TPSA) is 46.2 Å². The fraction of sp³-hybridized carbons (Fsp3) is 0. The summed E-state index contributed by atoms with van der Waals surface area (Å²) in [6.45, 7) is 0. The molecule has 0 amide bonds. The van der Waals surface area contributed by atoms with Crippen LogP contribution in [0.4, 0.5) is 14.5 Å². The lowest BCUT2D eigenvalue weighted by Crippen LogP contribution is -1.89. The minimum atomic E-state index is -0.677. The summed E-state index contributed by atoms with van der Waals surface area (Å²) >= 11 is 0. The molecular weight excluding hydrogens is 212 g/mol. The molecule has 0 aromatic heterocycles. The third-order valence-corrected chi connectivity index (χ3v) is 2.27. The van der Waals surface area contributed by atoms with Crippen LogP contribution in [0.2, 0.25) is 0 Å². The van der Waals surface area contributed by atoms with Crippen LogP contribution >= 0.6 is 0 Å². The number of aromatic hydroxyl groups is 1. The van der Waals surface area contributed by atoms with Crippen molar-refractivity contribution in [3.05, 3.63) is 48.0 Å². The van der Waals surface area contributed by atoms with E-state index in [0.29, 0.717) is 5.56 Å². The van der Waals surface area contributed by atoms with Gasteiger partial charge in [0.15, 0.2) is 0 Å². The summed E-state index contributed by atoms with van der Waals surface area (Å²) in [6, 6.07) is 7.63. The smallest absolute Gasteiger partial charge is 0.139 e. The second kappa shape index (κ2) is 3.81. The highest BCUT2D eigenvalue weighted by Gasteiger charge is 2.07. The summed E-state index contributed by atoms with van der Waals surface area (Å²) < 4.78 is 26.1. The largest absolute Gasteiger partial charge is 0.506 e. The van der Waals surface area contributed by atoms with Crippen LogP contribution < -0.4 is 5.73 Å². The van der Waals surface area contributed by atoms with Crippen molar-refractivity contribution < 1.29 is 13.9 Å². The number of nitrogens with two attached hydrogens (primary N) is 1. The average Bonchev–Trinajstić information content (AvgIpc) is 2.22. The first-order valence-corrected chi connectivity index (χ1v) is 4.62. The lowest BCUT2D eigenvalue weighted by molar-refractivity contribution is 0.478. The lowest BCUT2D eigenvalue weighted by atomic mass is 10.0. The summed E-state index contributed by atoms with van der Waals surface area (Å²) in [5, 5.41) is 9.39. The van der Waals surface area contributed by atoms with Gasteiger partial charge in [-0.05, 0) is 29.8 Å². The summed E-state index contributed by atoms with van der Waals surface area (Å²) in [6.07, 6.45) is 0. The maximum atomic E-state index is 13.4. The first kappa shape index (κ1) is 10.4. The van der Waals surface area contributed by atoms with Gasteiger partial charge >= 0.3 is 0 Å². The number of nitrogen functional groups attached to an aromatic ring is 1. The van der Waals surface area contributed by atoms with E-state index in [1.165, 1.54) is 18.2 Å². The minimum absolute atomic E-state index is 0.124. The summed E-state index contributed by atoms with van der Waals surface area (Å²) in [7, 11) is 0. The summed E-state index contributed by atoms with van der Waals surface area (Å²) in [5.41, 5.74) is 6.31. The van der Waals surface area contributed by atoms with Gasteiger partial charge in [-0.25, -0.2) is 8.78 Å². The molecule has 0 radical (unpaired) electrons. The van der Waals surface area contributed by atoms with Gasteiger partial charge in [-0.3, -0.25) is 0 Å². The molecule has 0 saturated heterocycles. The maximum Gasteiger partial charge on any atom is 0.139 e. The van der Waals surface area contributed by atoms with Gasteiger partial charge in [-0.15, -0.1) is 0 Å². The molecule has 0 unspecified atom stereocenters. The Balaban J connectivity index is 2.54. The van der Waals surface area contributed by atoms with Gasteiger partial charge in [0.2, 0.25) is 0 Å². The van der Waals surface area contributed by atoms with Gasteiger partial charge in [0, 0.05) is 11.6 Å². The lowest BCUT2D eigenvalue weighted by Gasteiger charge is -2.05. The predicted molar refractivity (Wildman–Crippen MR) is 57.9 cm³/mol. The molecule has 0 saturated carbocycles. The molecule has 0 fully saturated rings. The van der Waals surface area contributed by atoms with Crippen LogP contribution in [0.15, 0.2) is 36.4 Å². The highest BCUT2D eigenvalue weighted by Crippen LogP contribution is 2.29.